The summed E-state index contributed by atoms with van der Waals surface area (Å²) in [6.45, 7) is 8.95. The molecule has 2 nitrogen and oxygen atoms in total. The van der Waals surface area contributed by atoms with Gasteiger partial charge in [-0.1, -0.05) is 0 Å². The lowest BCUT2D eigenvalue weighted by atomic mass is 10.2. The van der Waals surface area contributed by atoms with Crippen molar-refractivity contribution >= 4 is 27.3 Å². The average molecular weight is 289 g/mol. The summed E-state index contributed by atoms with van der Waals surface area (Å²) in [6, 6.07) is 2.92. The number of rotatable bonds is 2. The minimum absolute atomic E-state index is 0.628. The van der Waals surface area contributed by atoms with Gasteiger partial charge in [0.1, 0.15) is 0 Å². The van der Waals surface area contributed by atoms with Gasteiger partial charge in [-0.3, -0.25) is 4.90 Å². The highest BCUT2D eigenvalue weighted by atomic mass is 79.9. The summed E-state index contributed by atoms with van der Waals surface area (Å²) in [4.78, 5) is 3.99. The molecule has 1 atom stereocenters. The van der Waals surface area contributed by atoms with Crippen molar-refractivity contribution in [1.29, 1.82) is 0 Å². The lowest BCUT2D eigenvalue weighted by Crippen LogP contribution is -2.48. The van der Waals surface area contributed by atoms with E-state index in [0.29, 0.717) is 6.04 Å². The molecule has 2 heterocycles. The number of nitrogens with zero attached hydrogens (tertiary/aromatic N) is 1. The van der Waals surface area contributed by atoms with Gasteiger partial charge in [0, 0.05) is 37.1 Å². The van der Waals surface area contributed by atoms with Crippen LogP contribution in [0.3, 0.4) is 0 Å². The van der Waals surface area contributed by atoms with Gasteiger partial charge in [0.15, 0.2) is 0 Å². The Labute approximate surface area is 104 Å². The van der Waals surface area contributed by atoms with Crippen LogP contribution in [0, 0.1) is 6.92 Å². The van der Waals surface area contributed by atoms with Crippen molar-refractivity contribution in [3.63, 3.8) is 0 Å². The number of nitrogens with one attached hydrogen (secondary N) is 1. The van der Waals surface area contributed by atoms with E-state index in [9.17, 15) is 0 Å². The molecule has 15 heavy (non-hydrogen) atoms. The summed E-state index contributed by atoms with van der Waals surface area (Å²) in [5, 5.41) is 3.47. The number of hydrogen-bond donors (Lipinski definition) is 1. The predicted octanol–water partition coefficient (Wildman–Crippen LogP) is 2.61. The first kappa shape index (κ1) is 11.6. The summed E-state index contributed by atoms with van der Waals surface area (Å²) in [5.41, 5.74) is 1.36. The molecule has 0 amide bonds. The van der Waals surface area contributed by atoms with E-state index in [1.807, 2.05) is 11.3 Å². The number of halogens is 1. The van der Waals surface area contributed by atoms with E-state index in [1.165, 1.54) is 20.8 Å². The highest BCUT2D eigenvalue weighted by molar-refractivity contribution is 9.11. The largest absolute Gasteiger partial charge is 0.312 e. The number of hydrogen-bond acceptors (Lipinski definition) is 3. The van der Waals surface area contributed by atoms with Crippen molar-refractivity contribution in [2.45, 2.75) is 26.4 Å². The Hall–Kier alpha value is 0.100. The molecule has 1 aromatic heterocycles. The summed E-state index contributed by atoms with van der Waals surface area (Å²) < 4.78 is 1.28. The van der Waals surface area contributed by atoms with E-state index in [0.717, 1.165) is 19.6 Å². The van der Waals surface area contributed by atoms with Crippen LogP contribution in [-0.4, -0.2) is 30.6 Å². The Morgan fingerprint density at radius 3 is 3.07 bits per heavy atom. The zero-order chi connectivity index (χ0) is 10.8. The molecule has 1 aliphatic heterocycles. The van der Waals surface area contributed by atoms with Gasteiger partial charge in [-0.05, 0) is 41.4 Å². The molecule has 1 fully saturated rings. The first-order valence-electron chi connectivity index (χ1n) is 5.35. The standard InChI is InChI=1S/C11H17BrN2S/c1-8-5-10(15-11(8)12)7-14-4-3-13-9(2)6-14/h5,9,13H,3-4,6-7H2,1-2H3/t9-/m0/s1. The molecule has 4 heteroatoms. The third-order valence-electron chi connectivity index (χ3n) is 2.74. The van der Waals surface area contributed by atoms with Crippen molar-refractivity contribution in [3.05, 3.63) is 20.3 Å². The second-order valence-corrected chi connectivity index (χ2v) is 6.71. The van der Waals surface area contributed by atoms with Gasteiger partial charge in [-0.25, -0.2) is 0 Å². The molecule has 0 aromatic carbocycles. The minimum Gasteiger partial charge on any atom is -0.312 e. The maximum Gasteiger partial charge on any atom is 0.0730 e. The summed E-state index contributed by atoms with van der Waals surface area (Å²) in [7, 11) is 0. The molecule has 2 rings (SSSR count). The molecule has 1 aromatic rings. The van der Waals surface area contributed by atoms with E-state index >= 15 is 0 Å². The van der Waals surface area contributed by atoms with E-state index < -0.39 is 0 Å². The summed E-state index contributed by atoms with van der Waals surface area (Å²) in [5.74, 6) is 0. The van der Waals surface area contributed by atoms with Gasteiger partial charge in [0.25, 0.3) is 0 Å². The Morgan fingerprint density at radius 2 is 2.47 bits per heavy atom. The molecule has 1 aliphatic rings. The predicted molar refractivity (Wildman–Crippen MR) is 69.5 cm³/mol. The van der Waals surface area contributed by atoms with Gasteiger partial charge in [-0.15, -0.1) is 11.3 Å². The van der Waals surface area contributed by atoms with E-state index in [4.69, 9.17) is 0 Å². The van der Waals surface area contributed by atoms with Crippen LogP contribution in [-0.2, 0) is 6.54 Å². The Balaban J connectivity index is 1.96. The van der Waals surface area contributed by atoms with E-state index in [-0.39, 0.29) is 0 Å². The zero-order valence-corrected chi connectivity index (χ0v) is 11.6. The van der Waals surface area contributed by atoms with Crippen LogP contribution in [0.4, 0.5) is 0 Å². The minimum atomic E-state index is 0.628. The third kappa shape index (κ3) is 3.03. The van der Waals surface area contributed by atoms with Gasteiger partial charge in [0.05, 0.1) is 3.79 Å². The number of thiophene rings is 1. The van der Waals surface area contributed by atoms with Crippen LogP contribution >= 0.6 is 27.3 Å². The molecular formula is C11H17BrN2S. The average Bonchev–Trinajstić information content (AvgIpc) is 2.45. The van der Waals surface area contributed by atoms with Gasteiger partial charge in [0.2, 0.25) is 0 Å². The normalized spacial score (nSPS) is 23.3. The van der Waals surface area contributed by atoms with Gasteiger partial charge >= 0.3 is 0 Å². The van der Waals surface area contributed by atoms with Crippen LogP contribution in [0.25, 0.3) is 0 Å². The number of aryl methyl sites for hydroxylation is 1. The summed E-state index contributed by atoms with van der Waals surface area (Å²) in [6.07, 6.45) is 0. The van der Waals surface area contributed by atoms with Crippen molar-refractivity contribution < 1.29 is 0 Å². The third-order valence-corrected chi connectivity index (χ3v) is 4.86. The Morgan fingerprint density at radius 1 is 1.67 bits per heavy atom. The van der Waals surface area contributed by atoms with Gasteiger partial charge in [-0.2, -0.15) is 0 Å². The van der Waals surface area contributed by atoms with Crippen LogP contribution in [0.5, 0.6) is 0 Å². The second-order valence-electron chi connectivity index (χ2n) is 4.26. The van der Waals surface area contributed by atoms with Crippen molar-refractivity contribution in [1.82, 2.24) is 10.2 Å². The molecule has 0 saturated carbocycles. The molecule has 1 N–H and O–H groups in total. The Kier molecular flexibility index (Phi) is 3.83. The van der Waals surface area contributed by atoms with Crippen LogP contribution < -0.4 is 5.32 Å². The van der Waals surface area contributed by atoms with Crippen molar-refractivity contribution in [2.24, 2.45) is 0 Å². The maximum atomic E-state index is 3.58. The van der Waals surface area contributed by atoms with Crippen LogP contribution in [0.15, 0.2) is 9.85 Å². The smallest absolute Gasteiger partial charge is 0.0730 e. The molecule has 84 valence electrons. The summed E-state index contributed by atoms with van der Waals surface area (Å²) >= 11 is 5.44. The molecule has 0 radical (unpaired) electrons. The Bertz CT molecular complexity index is 318. The second kappa shape index (κ2) is 4.95. The van der Waals surface area contributed by atoms with Gasteiger partial charge < -0.3 is 5.32 Å². The fourth-order valence-electron chi connectivity index (χ4n) is 1.98. The van der Waals surface area contributed by atoms with Crippen LogP contribution in [0.1, 0.15) is 17.4 Å². The molecule has 0 bridgehead atoms. The van der Waals surface area contributed by atoms with Crippen molar-refractivity contribution in [2.75, 3.05) is 19.6 Å². The first-order valence-corrected chi connectivity index (χ1v) is 6.96. The molecule has 1 saturated heterocycles. The zero-order valence-electron chi connectivity index (χ0n) is 9.22. The molecular weight excluding hydrogens is 272 g/mol. The number of piperazine rings is 1. The van der Waals surface area contributed by atoms with E-state index in [2.05, 4.69) is 46.1 Å². The van der Waals surface area contributed by atoms with Crippen LogP contribution in [0.2, 0.25) is 0 Å². The molecule has 0 aliphatic carbocycles. The lowest BCUT2D eigenvalue weighted by Gasteiger charge is -2.31. The molecule has 0 spiro atoms. The fraction of sp³-hybridized carbons (Fsp3) is 0.636. The first-order chi connectivity index (χ1) is 7.15. The van der Waals surface area contributed by atoms with E-state index in [1.54, 1.807) is 0 Å². The maximum absolute atomic E-state index is 3.58. The highest BCUT2D eigenvalue weighted by Gasteiger charge is 2.16. The molecule has 0 unspecified atom stereocenters. The SMILES string of the molecule is Cc1cc(CN2CCN[C@@H](C)C2)sc1Br. The topological polar surface area (TPSA) is 15.3 Å². The highest BCUT2D eigenvalue weighted by Crippen LogP contribution is 2.28. The quantitative estimate of drug-likeness (QED) is 0.900. The fourth-order valence-corrected chi connectivity index (χ4v) is 3.65. The lowest BCUT2D eigenvalue weighted by molar-refractivity contribution is 0.201. The monoisotopic (exact) mass is 288 g/mol. The van der Waals surface area contributed by atoms with Crippen molar-refractivity contribution in [3.8, 4) is 0 Å².